The van der Waals surface area contributed by atoms with E-state index in [2.05, 4.69) is 31.2 Å². The average Bonchev–Trinajstić information content (AvgIpc) is 2.38. The topological polar surface area (TPSA) is 3.24 Å². The van der Waals surface area contributed by atoms with Crippen LogP contribution in [0.25, 0.3) is 0 Å². The van der Waals surface area contributed by atoms with Gasteiger partial charge in [-0.05, 0) is 35.7 Å². The zero-order chi connectivity index (χ0) is 10.8. The lowest BCUT2D eigenvalue weighted by Gasteiger charge is -2.24. The molecule has 3 heteroatoms. The number of fused-ring (bicyclic) bond motifs is 1. The summed E-state index contributed by atoms with van der Waals surface area (Å²) in [7, 11) is 0. The molecule has 0 bridgehead atoms. The van der Waals surface area contributed by atoms with E-state index in [0.717, 1.165) is 19.4 Å². The van der Waals surface area contributed by atoms with Crippen LogP contribution in [0, 0.1) is 0 Å². The summed E-state index contributed by atoms with van der Waals surface area (Å²) in [6.07, 6.45) is 2.01. The van der Waals surface area contributed by atoms with Crippen LogP contribution in [0.3, 0.4) is 0 Å². The molecule has 0 fully saturated rings. The predicted molar refractivity (Wildman–Crippen MR) is 65.4 cm³/mol. The van der Waals surface area contributed by atoms with Crippen LogP contribution in [0.4, 0.5) is 0 Å². The van der Waals surface area contributed by atoms with E-state index in [1.807, 2.05) is 0 Å². The molecule has 2 rings (SSSR count). The first-order chi connectivity index (χ1) is 7.24. The monoisotopic (exact) mass is 243 g/mol. The Balaban J connectivity index is 2.41. The molecule has 15 heavy (non-hydrogen) atoms. The van der Waals surface area contributed by atoms with Gasteiger partial charge in [0.1, 0.15) is 5.50 Å². The van der Waals surface area contributed by atoms with E-state index in [4.69, 9.17) is 23.4 Å². The molecular weight excluding hydrogens is 229 g/mol. The fourth-order valence-corrected chi connectivity index (χ4v) is 2.86. The zero-order valence-electron chi connectivity index (χ0n) is 8.79. The molecule has 1 nitrogen and oxygen atoms in total. The highest BCUT2D eigenvalue weighted by Gasteiger charge is 2.29. The smallest absolute Gasteiger partial charge is 0.106 e. The van der Waals surface area contributed by atoms with Gasteiger partial charge in [-0.15, -0.1) is 11.6 Å². The van der Waals surface area contributed by atoms with Crippen molar-refractivity contribution in [2.75, 3.05) is 6.54 Å². The fraction of sp³-hybridized carbons (Fsp3) is 0.500. The molecule has 1 heterocycles. The van der Waals surface area contributed by atoms with Gasteiger partial charge in [-0.1, -0.05) is 31.2 Å². The van der Waals surface area contributed by atoms with Crippen molar-refractivity contribution in [1.82, 2.24) is 4.42 Å². The molecule has 1 aliphatic rings. The lowest BCUT2D eigenvalue weighted by molar-refractivity contribution is 0.387. The number of halogens is 2. The largest absolute Gasteiger partial charge is 0.201 e. The van der Waals surface area contributed by atoms with Gasteiger partial charge in [0.15, 0.2) is 0 Å². The van der Waals surface area contributed by atoms with Crippen molar-refractivity contribution >= 4 is 23.4 Å². The van der Waals surface area contributed by atoms with Gasteiger partial charge in [0.05, 0.1) is 0 Å². The summed E-state index contributed by atoms with van der Waals surface area (Å²) in [6.45, 7) is 2.98. The molecule has 0 aliphatic carbocycles. The van der Waals surface area contributed by atoms with Crippen LogP contribution in [-0.2, 0) is 6.42 Å². The lowest BCUT2D eigenvalue weighted by Crippen LogP contribution is -2.27. The van der Waals surface area contributed by atoms with Gasteiger partial charge in [-0.2, -0.15) is 0 Å². The average molecular weight is 244 g/mol. The highest BCUT2D eigenvalue weighted by atomic mass is 35.5. The summed E-state index contributed by atoms with van der Waals surface area (Å²) in [6, 6.07) is 8.51. The summed E-state index contributed by atoms with van der Waals surface area (Å²) in [5, 5.41) is 0. The van der Waals surface area contributed by atoms with Gasteiger partial charge < -0.3 is 0 Å². The molecule has 0 aromatic heterocycles. The van der Waals surface area contributed by atoms with Crippen molar-refractivity contribution in [3.05, 3.63) is 35.4 Å². The first-order valence-corrected chi connectivity index (χ1v) is 6.15. The molecular formula is C12H15Cl2N. The van der Waals surface area contributed by atoms with Gasteiger partial charge in [0, 0.05) is 12.5 Å². The van der Waals surface area contributed by atoms with Gasteiger partial charge in [-0.25, -0.2) is 4.42 Å². The zero-order valence-corrected chi connectivity index (χ0v) is 10.3. The van der Waals surface area contributed by atoms with Crippen LogP contribution >= 0.6 is 23.4 Å². The summed E-state index contributed by atoms with van der Waals surface area (Å²) in [5.41, 5.74) is 2.65. The Bertz CT molecular complexity index is 340. The van der Waals surface area contributed by atoms with Gasteiger partial charge in [0.25, 0.3) is 0 Å². The quantitative estimate of drug-likeness (QED) is 0.413. The third-order valence-corrected chi connectivity index (χ3v) is 4.11. The third kappa shape index (κ3) is 2.15. The molecule has 0 amide bonds. The third-order valence-electron chi connectivity index (χ3n) is 3.09. The molecule has 1 aliphatic heterocycles. The fourth-order valence-electron chi connectivity index (χ4n) is 2.23. The van der Waals surface area contributed by atoms with E-state index in [1.165, 1.54) is 11.1 Å². The predicted octanol–water partition coefficient (Wildman–Crippen LogP) is 3.76. The lowest BCUT2D eigenvalue weighted by atomic mass is 9.92. The number of alkyl halides is 1. The maximum atomic E-state index is 6.36. The second-order valence-electron chi connectivity index (χ2n) is 3.96. The van der Waals surface area contributed by atoms with Crippen molar-refractivity contribution < 1.29 is 0 Å². The highest BCUT2D eigenvalue weighted by molar-refractivity contribution is 6.25. The molecule has 0 saturated heterocycles. The van der Waals surface area contributed by atoms with E-state index < -0.39 is 0 Å². The van der Waals surface area contributed by atoms with Crippen LogP contribution in [0.15, 0.2) is 24.3 Å². The van der Waals surface area contributed by atoms with Crippen molar-refractivity contribution in [2.24, 2.45) is 0 Å². The minimum atomic E-state index is -0.0969. The molecule has 1 aromatic carbocycles. The number of hydrogen-bond acceptors (Lipinski definition) is 1. The maximum Gasteiger partial charge on any atom is 0.106 e. The first-order valence-electron chi connectivity index (χ1n) is 5.38. The van der Waals surface area contributed by atoms with Gasteiger partial charge >= 0.3 is 0 Å². The number of rotatable bonds is 1. The number of hydrogen-bond donors (Lipinski definition) is 0. The summed E-state index contributed by atoms with van der Waals surface area (Å²) < 4.78 is 1.73. The van der Waals surface area contributed by atoms with E-state index in [9.17, 15) is 0 Å². The van der Waals surface area contributed by atoms with Crippen molar-refractivity contribution in [1.29, 1.82) is 0 Å². The summed E-state index contributed by atoms with van der Waals surface area (Å²) >= 11 is 12.5. The van der Waals surface area contributed by atoms with Crippen LogP contribution in [-0.4, -0.2) is 16.5 Å². The molecule has 82 valence electrons. The Morgan fingerprint density at radius 3 is 2.87 bits per heavy atom. The number of benzene rings is 1. The second kappa shape index (κ2) is 4.73. The highest BCUT2D eigenvalue weighted by Crippen LogP contribution is 2.35. The Labute approximate surface area is 101 Å². The van der Waals surface area contributed by atoms with E-state index >= 15 is 0 Å². The minimum Gasteiger partial charge on any atom is -0.201 e. The van der Waals surface area contributed by atoms with Crippen LogP contribution in [0.2, 0.25) is 0 Å². The van der Waals surface area contributed by atoms with Crippen molar-refractivity contribution in [2.45, 2.75) is 31.2 Å². The molecule has 0 radical (unpaired) electrons. The van der Waals surface area contributed by atoms with Gasteiger partial charge in [-0.3, -0.25) is 0 Å². The van der Waals surface area contributed by atoms with Crippen molar-refractivity contribution in [3.8, 4) is 0 Å². The maximum absolute atomic E-state index is 6.36. The molecule has 0 spiro atoms. The van der Waals surface area contributed by atoms with E-state index in [-0.39, 0.29) is 5.50 Å². The molecule has 0 saturated carbocycles. The standard InChI is InChI=1S/C12H15Cl2N/c1-2-10-11-6-4-3-5-9(11)7-8-15(14)12(10)13/h3-6,10,12H,2,7-8H2,1H3. The van der Waals surface area contributed by atoms with Crippen LogP contribution in [0.1, 0.15) is 30.4 Å². The SMILES string of the molecule is CCC1c2ccccc2CCN(Cl)C1Cl. The number of nitrogens with zero attached hydrogens (tertiary/aromatic N) is 1. The van der Waals surface area contributed by atoms with Crippen LogP contribution < -0.4 is 0 Å². The first kappa shape index (κ1) is 11.3. The Kier molecular flexibility index (Phi) is 3.55. The summed E-state index contributed by atoms with van der Waals surface area (Å²) in [4.78, 5) is 0. The molecule has 0 N–H and O–H groups in total. The minimum absolute atomic E-state index is 0.0969. The van der Waals surface area contributed by atoms with Crippen molar-refractivity contribution in [3.63, 3.8) is 0 Å². The molecule has 1 aromatic rings. The Hall–Kier alpha value is -0.240. The van der Waals surface area contributed by atoms with E-state index in [0.29, 0.717) is 5.92 Å². The van der Waals surface area contributed by atoms with E-state index in [1.54, 1.807) is 4.42 Å². The molecule has 2 unspecified atom stereocenters. The van der Waals surface area contributed by atoms with Crippen LogP contribution in [0.5, 0.6) is 0 Å². The van der Waals surface area contributed by atoms with Gasteiger partial charge in [0.2, 0.25) is 0 Å². The second-order valence-corrected chi connectivity index (χ2v) is 4.84. The normalized spacial score (nSPS) is 27.1. The Morgan fingerprint density at radius 2 is 2.13 bits per heavy atom. The Morgan fingerprint density at radius 1 is 1.40 bits per heavy atom. The molecule has 2 atom stereocenters. The summed E-state index contributed by atoms with van der Waals surface area (Å²) in [5.74, 6) is 0.336.